The molecule has 7 N–H and O–H groups in total. The Hall–Kier alpha value is -2.09. The van der Waals surface area contributed by atoms with Crippen LogP contribution in [0.1, 0.15) is 5.69 Å². The van der Waals surface area contributed by atoms with Gasteiger partial charge in [-0.3, -0.25) is 0 Å². The Labute approximate surface area is 84.9 Å². The number of nitrogens with two attached hydrogens (primary N) is 2. The molecule has 1 rings (SSSR count). The summed E-state index contributed by atoms with van der Waals surface area (Å²) < 4.78 is 0. The molecule has 0 bridgehead atoms. The van der Waals surface area contributed by atoms with E-state index in [4.69, 9.17) is 31.3 Å². The van der Waals surface area contributed by atoms with E-state index in [2.05, 4.69) is 9.97 Å². The average molecular weight is 216 g/mol. The van der Waals surface area contributed by atoms with Gasteiger partial charge in [0.15, 0.2) is 5.95 Å². The van der Waals surface area contributed by atoms with Crippen LogP contribution >= 0.6 is 0 Å². The Bertz CT molecular complexity index is 323. The second-order valence-electron chi connectivity index (χ2n) is 2.44. The van der Waals surface area contributed by atoms with Gasteiger partial charge in [0.1, 0.15) is 0 Å². The van der Waals surface area contributed by atoms with Crippen molar-refractivity contribution in [2.45, 2.75) is 6.42 Å². The first kappa shape index (κ1) is 12.9. The zero-order valence-corrected chi connectivity index (χ0v) is 7.80. The van der Waals surface area contributed by atoms with Gasteiger partial charge in [-0.15, -0.1) is 0 Å². The van der Waals surface area contributed by atoms with Crippen LogP contribution in [0.2, 0.25) is 0 Å². The molecule has 0 aliphatic heterocycles. The molecule has 0 saturated heterocycles. The van der Waals surface area contributed by atoms with Crippen LogP contribution in [0.3, 0.4) is 0 Å². The number of hydrogen-bond donors (Lipinski definition) is 5. The second-order valence-corrected chi connectivity index (χ2v) is 2.44. The number of aromatic nitrogens is 2. The maximum atomic E-state index is 9.10. The van der Waals surface area contributed by atoms with Crippen LogP contribution < -0.4 is 11.5 Å². The van der Waals surface area contributed by atoms with Gasteiger partial charge < -0.3 is 26.7 Å². The molecule has 8 nitrogen and oxygen atoms in total. The van der Waals surface area contributed by atoms with Crippen molar-refractivity contribution in [1.82, 2.24) is 9.97 Å². The summed E-state index contributed by atoms with van der Waals surface area (Å²) in [5.41, 5.74) is 11.6. The summed E-state index contributed by atoms with van der Waals surface area (Å²) in [6.45, 7) is 0.627. The van der Waals surface area contributed by atoms with Crippen LogP contribution in [0.15, 0.2) is 6.20 Å². The van der Waals surface area contributed by atoms with Gasteiger partial charge in [-0.2, -0.15) is 0 Å². The van der Waals surface area contributed by atoms with Crippen molar-refractivity contribution in [3.05, 3.63) is 11.9 Å². The average Bonchev–Trinajstić information content (AvgIpc) is 2.53. The smallest absolute Gasteiger partial charge is 0.414 e. The number of rotatable bonds is 2. The molecule has 1 aromatic heterocycles. The molecule has 84 valence electrons. The molecule has 0 aliphatic rings. The number of nitrogens with one attached hydrogen (secondary N) is 1. The molecule has 0 aliphatic carbocycles. The summed E-state index contributed by atoms with van der Waals surface area (Å²) in [6, 6.07) is 0. The molecule has 15 heavy (non-hydrogen) atoms. The van der Waals surface area contributed by atoms with Crippen LogP contribution in [0.25, 0.3) is 0 Å². The van der Waals surface area contributed by atoms with Crippen LogP contribution in [0.4, 0.5) is 5.95 Å². The molecule has 0 aromatic carbocycles. The van der Waals surface area contributed by atoms with Gasteiger partial charge >= 0.3 is 11.9 Å². The lowest BCUT2D eigenvalue weighted by atomic mass is 10.3. The normalized spacial score (nSPS) is 8.87. The topological polar surface area (TPSA) is 155 Å². The Morgan fingerprint density at radius 1 is 1.40 bits per heavy atom. The van der Waals surface area contributed by atoms with E-state index in [1.807, 2.05) is 0 Å². The summed E-state index contributed by atoms with van der Waals surface area (Å²) >= 11 is 0. The Morgan fingerprint density at radius 2 is 1.93 bits per heavy atom. The molecule has 8 heteroatoms. The number of carbonyl (C=O) groups is 2. The lowest BCUT2D eigenvalue weighted by molar-refractivity contribution is -0.159. The number of nitrogen functional groups attached to an aromatic ring is 1. The molecule has 0 atom stereocenters. The third kappa shape index (κ3) is 6.05. The quantitative estimate of drug-likeness (QED) is 0.382. The third-order valence-electron chi connectivity index (χ3n) is 1.24. The van der Waals surface area contributed by atoms with E-state index >= 15 is 0 Å². The molecule has 1 heterocycles. The highest BCUT2D eigenvalue weighted by molar-refractivity contribution is 6.27. The Balaban J connectivity index is 0.000000288. The molecule has 0 unspecified atom stereocenters. The van der Waals surface area contributed by atoms with Gasteiger partial charge in [0.25, 0.3) is 0 Å². The van der Waals surface area contributed by atoms with E-state index in [1.165, 1.54) is 0 Å². The van der Waals surface area contributed by atoms with Gasteiger partial charge in [-0.05, 0) is 6.54 Å². The summed E-state index contributed by atoms with van der Waals surface area (Å²) in [6.07, 6.45) is 2.51. The first-order valence-corrected chi connectivity index (χ1v) is 3.93. The minimum atomic E-state index is -1.82. The zero-order chi connectivity index (χ0) is 11.8. The van der Waals surface area contributed by atoms with E-state index in [0.717, 1.165) is 12.1 Å². The summed E-state index contributed by atoms with van der Waals surface area (Å²) in [5, 5.41) is 14.8. The highest BCUT2D eigenvalue weighted by Gasteiger charge is 2.04. The van der Waals surface area contributed by atoms with E-state index < -0.39 is 11.9 Å². The zero-order valence-electron chi connectivity index (χ0n) is 7.80. The predicted molar refractivity (Wildman–Crippen MR) is 51.0 cm³/mol. The van der Waals surface area contributed by atoms with Crippen molar-refractivity contribution in [3.8, 4) is 0 Å². The number of hydrogen-bond acceptors (Lipinski definition) is 5. The number of nitrogens with zero attached hydrogens (tertiary/aromatic N) is 1. The number of imidazole rings is 1. The fourth-order valence-electron chi connectivity index (χ4n) is 0.659. The Kier molecular flexibility index (Phi) is 5.49. The highest BCUT2D eigenvalue weighted by Crippen LogP contribution is 1.96. The van der Waals surface area contributed by atoms with Crippen molar-refractivity contribution in [3.63, 3.8) is 0 Å². The summed E-state index contributed by atoms with van der Waals surface area (Å²) in [4.78, 5) is 24.9. The largest absolute Gasteiger partial charge is 0.473 e. The van der Waals surface area contributed by atoms with Crippen molar-refractivity contribution in [1.29, 1.82) is 0 Å². The molecule has 0 fully saturated rings. The van der Waals surface area contributed by atoms with E-state index in [0.29, 0.717) is 12.5 Å². The van der Waals surface area contributed by atoms with E-state index in [-0.39, 0.29) is 0 Å². The summed E-state index contributed by atoms with van der Waals surface area (Å²) in [7, 11) is 0. The molecule has 0 radical (unpaired) electrons. The monoisotopic (exact) mass is 216 g/mol. The van der Waals surface area contributed by atoms with E-state index in [1.54, 1.807) is 6.20 Å². The fourth-order valence-corrected chi connectivity index (χ4v) is 0.659. The second kappa shape index (κ2) is 6.38. The summed E-state index contributed by atoms with van der Waals surface area (Å²) in [5.74, 6) is -3.19. The number of aromatic amines is 1. The van der Waals surface area contributed by atoms with Gasteiger partial charge in [0, 0.05) is 12.1 Å². The Morgan fingerprint density at radius 3 is 2.20 bits per heavy atom. The maximum Gasteiger partial charge on any atom is 0.414 e. The number of aliphatic carboxylic acids is 2. The lowest BCUT2D eigenvalue weighted by Gasteiger charge is -1.87. The minimum Gasteiger partial charge on any atom is -0.473 e. The molecular weight excluding hydrogens is 204 g/mol. The van der Waals surface area contributed by atoms with Gasteiger partial charge in [-0.25, -0.2) is 14.6 Å². The number of H-pyrrole nitrogens is 1. The van der Waals surface area contributed by atoms with Crippen LogP contribution in [0.5, 0.6) is 0 Å². The molecular formula is C7H12N4O4. The van der Waals surface area contributed by atoms with Crippen LogP contribution in [0, 0.1) is 0 Å². The molecule has 0 spiro atoms. The van der Waals surface area contributed by atoms with Crippen molar-refractivity contribution >= 4 is 17.9 Å². The maximum absolute atomic E-state index is 9.10. The fraction of sp³-hybridized carbons (Fsp3) is 0.286. The minimum absolute atomic E-state index is 0.457. The molecule has 0 amide bonds. The van der Waals surface area contributed by atoms with Crippen molar-refractivity contribution in [2.75, 3.05) is 12.3 Å². The molecule has 1 aromatic rings. The molecule has 0 saturated carbocycles. The first-order chi connectivity index (χ1) is 6.97. The number of anilines is 1. The highest BCUT2D eigenvalue weighted by atomic mass is 16.4. The van der Waals surface area contributed by atoms with Gasteiger partial charge in [0.05, 0.1) is 6.20 Å². The number of carboxylic acids is 2. The van der Waals surface area contributed by atoms with Crippen molar-refractivity contribution in [2.24, 2.45) is 5.73 Å². The predicted octanol–water partition coefficient (Wildman–Crippen LogP) is -1.35. The standard InChI is InChI=1S/C5H10N4.C2H2O4/c6-2-1-4-3-8-5(7)9-4;3-1(4)2(5)6/h3H,1-2,6H2,(H3,7,8,9);(H,3,4)(H,5,6). The van der Waals surface area contributed by atoms with Gasteiger partial charge in [0.2, 0.25) is 0 Å². The van der Waals surface area contributed by atoms with Crippen molar-refractivity contribution < 1.29 is 19.8 Å². The SMILES string of the molecule is NCCc1cnc(N)[nH]1.O=C(O)C(=O)O. The number of carboxylic acid groups (broad SMARTS) is 2. The first-order valence-electron chi connectivity index (χ1n) is 3.93. The lowest BCUT2D eigenvalue weighted by Crippen LogP contribution is -2.09. The van der Waals surface area contributed by atoms with E-state index in [9.17, 15) is 0 Å². The van der Waals surface area contributed by atoms with Gasteiger partial charge in [-0.1, -0.05) is 0 Å². The van der Waals surface area contributed by atoms with Crippen LogP contribution in [-0.4, -0.2) is 38.7 Å². The third-order valence-corrected chi connectivity index (χ3v) is 1.24. The van der Waals surface area contributed by atoms with Crippen LogP contribution in [-0.2, 0) is 16.0 Å².